The largest absolute Gasteiger partial charge is 0.337 e. The van der Waals surface area contributed by atoms with Crippen LogP contribution in [-0.4, -0.2) is 42.9 Å². The van der Waals surface area contributed by atoms with Gasteiger partial charge in [0.15, 0.2) is 0 Å². The molecule has 1 rings (SSSR count). The van der Waals surface area contributed by atoms with Gasteiger partial charge in [-0.1, -0.05) is 30.3 Å². The molecule has 16 heavy (non-hydrogen) atoms. The van der Waals surface area contributed by atoms with Gasteiger partial charge in [-0.3, -0.25) is 4.79 Å². The van der Waals surface area contributed by atoms with E-state index in [4.69, 9.17) is 0 Å². The van der Waals surface area contributed by atoms with Gasteiger partial charge in [0.25, 0.3) is 0 Å². The van der Waals surface area contributed by atoms with Crippen LogP contribution >= 0.6 is 0 Å². The molecule has 0 heterocycles. The van der Waals surface area contributed by atoms with Crippen molar-refractivity contribution in [1.82, 2.24) is 9.80 Å². The molecule has 0 unspecified atom stereocenters. The number of hydrogen-bond donors (Lipinski definition) is 0. The van der Waals surface area contributed by atoms with E-state index in [1.807, 2.05) is 49.3 Å². The molecule has 0 aliphatic carbocycles. The van der Waals surface area contributed by atoms with E-state index in [1.54, 1.807) is 6.92 Å². The van der Waals surface area contributed by atoms with Crippen LogP contribution in [0.5, 0.6) is 0 Å². The lowest BCUT2D eigenvalue weighted by atomic mass is 10.2. The van der Waals surface area contributed by atoms with Crippen molar-refractivity contribution in [1.29, 1.82) is 0 Å². The first-order valence-electron chi connectivity index (χ1n) is 5.54. The predicted molar refractivity (Wildman–Crippen MR) is 66.1 cm³/mol. The van der Waals surface area contributed by atoms with Crippen molar-refractivity contribution >= 4 is 5.91 Å². The molecule has 1 aromatic carbocycles. The van der Waals surface area contributed by atoms with Crippen LogP contribution in [0.1, 0.15) is 12.5 Å². The minimum Gasteiger partial charge on any atom is -0.337 e. The van der Waals surface area contributed by atoms with Gasteiger partial charge in [-0.25, -0.2) is 0 Å². The van der Waals surface area contributed by atoms with Gasteiger partial charge in [0.05, 0.1) is 0 Å². The standard InChI is InChI=1S/C13H20N2O/c1-12(16)15(10-9-14(2)3)11-13-7-5-4-6-8-13/h4-8H,9-11H2,1-3H3. The molecule has 0 saturated heterocycles. The third-order valence-electron chi connectivity index (χ3n) is 2.48. The first-order valence-corrected chi connectivity index (χ1v) is 5.54. The zero-order valence-corrected chi connectivity index (χ0v) is 10.3. The van der Waals surface area contributed by atoms with Crippen LogP contribution in [0.3, 0.4) is 0 Å². The van der Waals surface area contributed by atoms with Crippen LogP contribution in [-0.2, 0) is 11.3 Å². The molecule has 0 radical (unpaired) electrons. The summed E-state index contributed by atoms with van der Waals surface area (Å²) in [5, 5.41) is 0. The van der Waals surface area contributed by atoms with Gasteiger partial charge in [-0.05, 0) is 19.7 Å². The Morgan fingerprint density at radius 2 is 1.75 bits per heavy atom. The molecule has 0 atom stereocenters. The van der Waals surface area contributed by atoms with E-state index in [0.29, 0.717) is 6.54 Å². The van der Waals surface area contributed by atoms with Gasteiger partial charge in [0.2, 0.25) is 5.91 Å². The Morgan fingerprint density at radius 3 is 2.25 bits per heavy atom. The highest BCUT2D eigenvalue weighted by atomic mass is 16.2. The van der Waals surface area contributed by atoms with E-state index in [9.17, 15) is 4.79 Å². The number of rotatable bonds is 5. The molecule has 0 aromatic heterocycles. The fourth-order valence-corrected chi connectivity index (χ4v) is 1.47. The molecular weight excluding hydrogens is 200 g/mol. The fraction of sp³-hybridized carbons (Fsp3) is 0.462. The molecule has 88 valence electrons. The Bertz CT molecular complexity index is 322. The molecule has 0 aliphatic rings. The lowest BCUT2D eigenvalue weighted by molar-refractivity contribution is -0.129. The van der Waals surface area contributed by atoms with Gasteiger partial charge in [0.1, 0.15) is 0 Å². The Kier molecular flexibility index (Phi) is 4.99. The highest BCUT2D eigenvalue weighted by Crippen LogP contribution is 2.04. The van der Waals surface area contributed by atoms with Crippen LogP contribution in [0.2, 0.25) is 0 Å². The number of nitrogens with zero attached hydrogens (tertiary/aromatic N) is 2. The van der Waals surface area contributed by atoms with E-state index in [1.165, 1.54) is 5.56 Å². The third kappa shape index (κ3) is 4.45. The molecule has 0 N–H and O–H groups in total. The maximum absolute atomic E-state index is 11.5. The summed E-state index contributed by atoms with van der Waals surface area (Å²) in [5.41, 5.74) is 1.18. The number of likely N-dealkylation sites (N-methyl/N-ethyl adjacent to an activating group) is 1. The van der Waals surface area contributed by atoms with Crippen LogP contribution in [0.4, 0.5) is 0 Å². The normalized spacial score (nSPS) is 10.5. The van der Waals surface area contributed by atoms with E-state index in [2.05, 4.69) is 4.90 Å². The minimum absolute atomic E-state index is 0.130. The maximum atomic E-state index is 11.5. The summed E-state index contributed by atoms with van der Waals surface area (Å²) in [4.78, 5) is 15.4. The van der Waals surface area contributed by atoms with E-state index in [0.717, 1.165) is 13.1 Å². The Morgan fingerprint density at radius 1 is 1.12 bits per heavy atom. The number of hydrogen-bond acceptors (Lipinski definition) is 2. The van der Waals surface area contributed by atoms with Crippen molar-refractivity contribution < 1.29 is 4.79 Å². The second kappa shape index (κ2) is 6.28. The highest BCUT2D eigenvalue weighted by molar-refractivity contribution is 5.73. The molecule has 0 saturated carbocycles. The quantitative estimate of drug-likeness (QED) is 0.752. The van der Waals surface area contributed by atoms with Gasteiger partial charge in [-0.15, -0.1) is 0 Å². The Hall–Kier alpha value is -1.35. The van der Waals surface area contributed by atoms with Gasteiger partial charge < -0.3 is 9.80 Å². The highest BCUT2D eigenvalue weighted by Gasteiger charge is 2.08. The molecule has 0 aliphatic heterocycles. The third-order valence-corrected chi connectivity index (χ3v) is 2.48. The first-order chi connectivity index (χ1) is 7.59. The summed E-state index contributed by atoms with van der Waals surface area (Å²) in [6.45, 7) is 3.99. The van der Waals surface area contributed by atoms with Crippen molar-refractivity contribution in [3.63, 3.8) is 0 Å². The minimum atomic E-state index is 0.130. The molecule has 0 bridgehead atoms. The Balaban J connectivity index is 2.55. The van der Waals surface area contributed by atoms with Crippen LogP contribution in [0, 0.1) is 0 Å². The number of carbonyl (C=O) groups is 1. The van der Waals surface area contributed by atoms with Gasteiger partial charge in [0, 0.05) is 26.6 Å². The van der Waals surface area contributed by atoms with Crippen molar-refractivity contribution in [2.45, 2.75) is 13.5 Å². The van der Waals surface area contributed by atoms with Crippen LogP contribution < -0.4 is 0 Å². The smallest absolute Gasteiger partial charge is 0.219 e. The van der Waals surface area contributed by atoms with Crippen LogP contribution in [0.25, 0.3) is 0 Å². The van der Waals surface area contributed by atoms with Crippen molar-refractivity contribution in [2.24, 2.45) is 0 Å². The van der Waals surface area contributed by atoms with Crippen LogP contribution in [0.15, 0.2) is 30.3 Å². The molecule has 3 heteroatoms. The SMILES string of the molecule is CC(=O)N(CCN(C)C)Cc1ccccc1. The molecule has 1 amide bonds. The molecular formula is C13H20N2O. The average Bonchev–Trinajstić information content (AvgIpc) is 2.25. The second-order valence-electron chi connectivity index (χ2n) is 4.23. The summed E-state index contributed by atoms with van der Waals surface area (Å²) >= 11 is 0. The summed E-state index contributed by atoms with van der Waals surface area (Å²) in [6, 6.07) is 10.1. The molecule has 1 aromatic rings. The van der Waals surface area contributed by atoms with Crippen molar-refractivity contribution in [3.8, 4) is 0 Å². The summed E-state index contributed by atoms with van der Waals surface area (Å²) in [6.07, 6.45) is 0. The molecule has 0 fully saturated rings. The topological polar surface area (TPSA) is 23.6 Å². The lowest BCUT2D eigenvalue weighted by Crippen LogP contribution is -2.34. The fourth-order valence-electron chi connectivity index (χ4n) is 1.47. The first kappa shape index (κ1) is 12.7. The summed E-state index contributed by atoms with van der Waals surface area (Å²) in [7, 11) is 4.03. The van der Waals surface area contributed by atoms with Gasteiger partial charge >= 0.3 is 0 Å². The zero-order chi connectivity index (χ0) is 12.0. The van der Waals surface area contributed by atoms with E-state index < -0.39 is 0 Å². The number of benzene rings is 1. The average molecular weight is 220 g/mol. The van der Waals surface area contributed by atoms with Crippen molar-refractivity contribution in [2.75, 3.05) is 27.2 Å². The second-order valence-corrected chi connectivity index (χ2v) is 4.23. The van der Waals surface area contributed by atoms with E-state index in [-0.39, 0.29) is 5.91 Å². The summed E-state index contributed by atoms with van der Waals surface area (Å²) in [5.74, 6) is 0.130. The lowest BCUT2D eigenvalue weighted by Gasteiger charge is -2.23. The molecule has 0 spiro atoms. The number of carbonyl (C=O) groups excluding carboxylic acids is 1. The maximum Gasteiger partial charge on any atom is 0.219 e. The predicted octanol–water partition coefficient (Wildman–Crippen LogP) is 1.60. The van der Waals surface area contributed by atoms with Gasteiger partial charge in [-0.2, -0.15) is 0 Å². The summed E-state index contributed by atoms with van der Waals surface area (Å²) < 4.78 is 0. The number of amides is 1. The Labute approximate surface area is 97.7 Å². The van der Waals surface area contributed by atoms with Crippen molar-refractivity contribution in [3.05, 3.63) is 35.9 Å². The van der Waals surface area contributed by atoms with E-state index >= 15 is 0 Å². The monoisotopic (exact) mass is 220 g/mol. The molecule has 3 nitrogen and oxygen atoms in total. The zero-order valence-electron chi connectivity index (χ0n) is 10.3.